The van der Waals surface area contributed by atoms with E-state index in [1.165, 1.54) is 6.33 Å². The molecule has 3 atom stereocenters. The van der Waals surface area contributed by atoms with Crippen molar-refractivity contribution in [1.29, 1.82) is 0 Å². The number of aromatic nitrogens is 2. The highest BCUT2D eigenvalue weighted by Gasteiger charge is 2.31. The third kappa shape index (κ3) is 12.7. The van der Waals surface area contributed by atoms with Gasteiger partial charge in [0.25, 0.3) is 0 Å². The number of alkyl carbamates (subject to hydrolysis) is 1. The predicted molar refractivity (Wildman–Crippen MR) is 194 cm³/mol. The Kier molecular flexibility index (Phi) is 14.1. The van der Waals surface area contributed by atoms with E-state index in [0.29, 0.717) is 23.6 Å². The first-order valence-corrected chi connectivity index (χ1v) is 17.0. The number of imidazole rings is 1. The van der Waals surface area contributed by atoms with Gasteiger partial charge in [-0.25, -0.2) is 14.6 Å². The highest BCUT2D eigenvalue weighted by atomic mass is 16.5. The molecule has 0 saturated carbocycles. The smallest absolute Gasteiger partial charge is 0.408 e. The molecule has 5 rings (SSSR count). The van der Waals surface area contributed by atoms with Gasteiger partial charge in [-0.05, 0) is 34.4 Å². The Balaban J connectivity index is 1.29. The molecular weight excluding hydrogens is 678 g/mol. The van der Waals surface area contributed by atoms with Crippen molar-refractivity contribution in [3.63, 3.8) is 0 Å². The molecule has 0 saturated heterocycles. The molecule has 5 N–H and O–H groups in total. The van der Waals surface area contributed by atoms with Gasteiger partial charge in [-0.1, -0.05) is 103 Å². The Morgan fingerprint density at radius 3 is 1.74 bits per heavy atom. The van der Waals surface area contributed by atoms with Crippen molar-refractivity contribution < 1.29 is 38.5 Å². The number of rotatable bonds is 19. The van der Waals surface area contributed by atoms with E-state index in [4.69, 9.17) is 14.2 Å². The highest BCUT2D eigenvalue weighted by Crippen LogP contribution is 2.16. The number of carbonyl (C=O) groups excluding carboxylic acids is 3. The first-order valence-electron chi connectivity index (χ1n) is 17.0. The van der Waals surface area contributed by atoms with Gasteiger partial charge in [0.1, 0.15) is 31.0 Å². The largest absolute Gasteiger partial charge is 0.489 e. The van der Waals surface area contributed by atoms with Crippen molar-refractivity contribution >= 4 is 23.9 Å². The van der Waals surface area contributed by atoms with Gasteiger partial charge in [0.05, 0.1) is 25.2 Å². The second-order valence-electron chi connectivity index (χ2n) is 12.1. The number of carboxylic acids is 1. The molecule has 5 aromatic rings. The number of aromatic amines is 1. The van der Waals surface area contributed by atoms with Gasteiger partial charge in [-0.2, -0.15) is 0 Å². The number of nitrogens with zero attached hydrogens (tertiary/aromatic N) is 1. The third-order valence-electron chi connectivity index (χ3n) is 8.04. The maximum absolute atomic E-state index is 13.8. The minimum Gasteiger partial charge on any atom is -0.489 e. The van der Waals surface area contributed by atoms with Crippen LogP contribution in [-0.2, 0) is 56.5 Å². The molecule has 0 bridgehead atoms. The molecule has 53 heavy (non-hydrogen) atoms. The van der Waals surface area contributed by atoms with E-state index in [1.54, 1.807) is 42.6 Å². The van der Waals surface area contributed by atoms with Crippen LogP contribution in [0.25, 0.3) is 0 Å². The number of ether oxygens (including phenoxy) is 3. The second-order valence-corrected chi connectivity index (χ2v) is 12.1. The Labute approximate surface area is 306 Å². The lowest BCUT2D eigenvalue weighted by Crippen LogP contribution is -2.57. The fourth-order valence-corrected chi connectivity index (χ4v) is 5.22. The van der Waals surface area contributed by atoms with Gasteiger partial charge in [-0.15, -0.1) is 0 Å². The van der Waals surface area contributed by atoms with Crippen LogP contribution in [0, 0.1) is 0 Å². The zero-order valence-electron chi connectivity index (χ0n) is 28.9. The molecule has 0 aliphatic heterocycles. The molecule has 0 unspecified atom stereocenters. The maximum Gasteiger partial charge on any atom is 0.408 e. The van der Waals surface area contributed by atoms with Gasteiger partial charge in [0.15, 0.2) is 6.04 Å². The van der Waals surface area contributed by atoms with E-state index < -0.39 is 42.0 Å². The molecule has 13 nitrogen and oxygen atoms in total. The number of benzene rings is 4. The Bertz CT molecular complexity index is 1880. The van der Waals surface area contributed by atoms with E-state index in [-0.39, 0.29) is 32.7 Å². The monoisotopic (exact) mass is 719 g/mol. The summed E-state index contributed by atoms with van der Waals surface area (Å²) in [4.78, 5) is 59.7. The highest BCUT2D eigenvalue weighted by molar-refractivity contribution is 5.93. The van der Waals surface area contributed by atoms with Gasteiger partial charge in [-0.3, -0.25) is 9.59 Å². The Morgan fingerprint density at radius 2 is 1.17 bits per heavy atom. The van der Waals surface area contributed by atoms with Crippen molar-refractivity contribution in [2.45, 2.75) is 50.8 Å². The van der Waals surface area contributed by atoms with Crippen molar-refractivity contribution in [3.05, 3.63) is 156 Å². The topological polar surface area (TPSA) is 181 Å². The molecule has 13 heteroatoms. The van der Waals surface area contributed by atoms with Crippen LogP contribution >= 0.6 is 0 Å². The zero-order chi connectivity index (χ0) is 37.3. The molecule has 1 heterocycles. The molecule has 0 aliphatic carbocycles. The van der Waals surface area contributed by atoms with Crippen LogP contribution in [0.3, 0.4) is 0 Å². The van der Waals surface area contributed by atoms with Crippen molar-refractivity contribution in [3.8, 4) is 5.75 Å². The van der Waals surface area contributed by atoms with E-state index in [0.717, 1.165) is 16.7 Å². The van der Waals surface area contributed by atoms with Crippen LogP contribution in [0.5, 0.6) is 5.75 Å². The summed E-state index contributed by atoms with van der Waals surface area (Å²) in [5.41, 5.74) is 3.72. The van der Waals surface area contributed by atoms with Gasteiger partial charge in [0.2, 0.25) is 11.8 Å². The Morgan fingerprint density at radius 1 is 0.623 bits per heavy atom. The zero-order valence-corrected chi connectivity index (χ0v) is 28.9. The summed E-state index contributed by atoms with van der Waals surface area (Å²) in [6, 6.07) is 31.1. The average molecular weight is 720 g/mol. The van der Waals surface area contributed by atoms with E-state index in [2.05, 4.69) is 25.9 Å². The fraction of sp³-hybridized carbons (Fsp3) is 0.225. The summed E-state index contributed by atoms with van der Waals surface area (Å²) in [7, 11) is 0. The number of H-pyrrole nitrogens is 1. The minimum atomic E-state index is -1.41. The normalized spacial score (nSPS) is 12.5. The number of carboxylic acid groups (broad SMARTS) is 1. The number of nitrogens with one attached hydrogen (secondary N) is 4. The lowest BCUT2D eigenvalue weighted by atomic mass is 10.0. The number of hydrogen-bond acceptors (Lipinski definition) is 8. The first kappa shape index (κ1) is 37.8. The summed E-state index contributed by atoms with van der Waals surface area (Å²) in [6.45, 7) is 0.158. The summed E-state index contributed by atoms with van der Waals surface area (Å²) < 4.78 is 16.9. The lowest BCUT2D eigenvalue weighted by Gasteiger charge is -2.24. The summed E-state index contributed by atoms with van der Waals surface area (Å²) >= 11 is 0. The second kappa shape index (κ2) is 19.8. The van der Waals surface area contributed by atoms with Gasteiger partial charge < -0.3 is 40.3 Å². The third-order valence-corrected chi connectivity index (χ3v) is 8.04. The van der Waals surface area contributed by atoms with Gasteiger partial charge in [0, 0.05) is 19.0 Å². The number of amides is 3. The van der Waals surface area contributed by atoms with E-state index >= 15 is 0 Å². The quantitative estimate of drug-likeness (QED) is 0.0830. The molecule has 3 amide bonds. The molecule has 4 aromatic carbocycles. The number of carbonyl (C=O) groups is 4. The standard InChI is InChI=1S/C40H41N5O8/c46-37(44-36(39(48)49)26-51-23-29-10-4-1-5-11-29)34(20-28-16-18-33(19-17-28)52-24-30-12-6-2-7-13-30)43-38(47)35(21-32-22-41-27-42-32)45-40(50)53-25-31-14-8-3-9-15-31/h1-19,22,27,34-36H,20-21,23-26H2,(H,41,42)(H,43,47)(H,44,46)(H,45,50)(H,48,49)/t34-,35-,36-/m0/s1. The van der Waals surface area contributed by atoms with Crippen LogP contribution in [0.1, 0.15) is 27.9 Å². The van der Waals surface area contributed by atoms with Crippen LogP contribution in [0.2, 0.25) is 0 Å². The van der Waals surface area contributed by atoms with Crippen LogP contribution in [-0.4, -0.2) is 63.7 Å². The van der Waals surface area contributed by atoms with E-state index in [9.17, 15) is 24.3 Å². The van der Waals surface area contributed by atoms with Gasteiger partial charge >= 0.3 is 12.1 Å². The van der Waals surface area contributed by atoms with E-state index in [1.807, 2.05) is 78.9 Å². The molecule has 0 spiro atoms. The molecular formula is C40H41N5O8. The lowest BCUT2D eigenvalue weighted by molar-refractivity contribution is -0.144. The Hall–Kier alpha value is -6.47. The summed E-state index contributed by atoms with van der Waals surface area (Å²) in [5.74, 6) is -2.18. The van der Waals surface area contributed by atoms with Crippen molar-refractivity contribution in [2.75, 3.05) is 6.61 Å². The summed E-state index contributed by atoms with van der Waals surface area (Å²) in [6.07, 6.45) is 2.13. The minimum absolute atomic E-state index is 0.0126. The fourth-order valence-electron chi connectivity index (χ4n) is 5.22. The van der Waals surface area contributed by atoms with Crippen LogP contribution < -0.4 is 20.7 Å². The SMILES string of the molecule is O=C(N[C@@H](Cc1c[nH]cn1)C(=O)N[C@@H](Cc1ccc(OCc2ccccc2)cc1)C(=O)N[C@@H](COCc1ccccc1)C(=O)O)OCc1ccccc1. The van der Waals surface area contributed by atoms with Crippen molar-refractivity contribution in [2.24, 2.45) is 0 Å². The predicted octanol–water partition coefficient (Wildman–Crippen LogP) is 4.34. The maximum atomic E-state index is 13.8. The first-order chi connectivity index (χ1) is 25.8. The number of hydrogen-bond donors (Lipinski definition) is 5. The average Bonchev–Trinajstić information content (AvgIpc) is 3.70. The molecule has 0 fully saturated rings. The van der Waals surface area contributed by atoms with Crippen LogP contribution in [0.4, 0.5) is 4.79 Å². The molecule has 0 aliphatic rings. The van der Waals surface area contributed by atoms with Crippen LogP contribution in [0.15, 0.2) is 128 Å². The molecule has 274 valence electrons. The van der Waals surface area contributed by atoms with Crippen molar-refractivity contribution in [1.82, 2.24) is 25.9 Å². The molecule has 0 radical (unpaired) electrons. The molecule has 1 aromatic heterocycles. The summed E-state index contributed by atoms with van der Waals surface area (Å²) in [5, 5.41) is 17.7. The number of aliphatic carboxylic acids is 1.